The highest BCUT2D eigenvalue weighted by Crippen LogP contribution is 2.41. The Labute approximate surface area is 142 Å². The molecule has 24 heavy (non-hydrogen) atoms. The Balaban J connectivity index is 1.35. The van der Waals surface area contributed by atoms with Crippen molar-refractivity contribution in [3.63, 3.8) is 0 Å². The number of piperidine rings is 2. The molecule has 0 aromatic heterocycles. The van der Waals surface area contributed by atoms with E-state index in [2.05, 4.69) is 10.2 Å². The maximum atomic E-state index is 12.0. The number of alkyl carbamates (subject to hydrolysis) is 1. The van der Waals surface area contributed by atoms with Crippen LogP contribution in [-0.4, -0.2) is 73.0 Å². The van der Waals surface area contributed by atoms with E-state index in [9.17, 15) is 9.59 Å². The van der Waals surface area contributed by atoms with Crippen molar-refractivity contribution in [2.75, 3.05) is 39.3 Å². The summed E-state index contributed by atoms with van der Waals surface area (Å²) >= 11 is 0. The molecule has 4 rings (SSSR count). The van der Waals surface area contributed by atoms with Gasteiger partial charge in [-0.2, -0.15) is 0 Å². The number of carbonyl (C=O) groups excluding carboxylic acids is 2. The molecule has 1 N–H and O–H groups in total. The van der Waals surface area contributed by atoms with Gasteiger partial charge in [0.05, 0.1) is 13.2 Å². The molecule has 1 spiro atoms. The molecule has 1 saturated carbocycles. The van der Waals surface area contributed by atoms with Crippen molar-refractivity contribution in [2.24, 2.45) is 11.8 Å². The lowest BCUT2D eigenvalue weighted by molar-refractivity contribution is -0.0153. The van der Waals surface area contributed by atoms with Gasteiger partial charge < -0.3 is 19.7 Å². The highest BCUT2D eigenvalue weighted by molar-refractivity contribution is 5.70. The molecular weight excluding hydrogens is 310 g/mol. The number of amides is 2. The van der Waals surface area contributed by atoms with Crippen molar-refractivity contribution in [3.05, 3.63) is 0 Å². The van der Waals surface area contributed by atoms with Crippen molar-refractivity contribution in [1.29, 1.82) is 0 Å². The van der Waals surface area contributed by atoms with Gasteiger partial charge in [0.1, 0.15) is 5.60 Å². The summed E-state index contributed by atoms with van der Waals surface area (Å²) in [5, 5.41) is 2.79. The quantitative estimate of drug-likeness (QED) is 0.825. The van der Waals surface area contributed by atoms with Crippen LogP contribution < -0.4 is 5.32 Å². The van der Waals surface area contributed by atoms with Gasteiger partial charge in [-0.25, -0.2) is 9.59 Å². The summed E-state index contributed by atoms with van der Waals surface area (Å²) in [6, 6.07) is 0.553. The van der Waals surface area contributed by atoms with Gasteiger partial charge >= 0.3 is 12.2 Å². The Morgan fingerprint density at radius 1 is 1.33 bits per heavy atom. The first-order valence-corrected chi connectivity index (χ1v) is 9.21. The lowest BCUT2D eigenvalue weighted by Gasteiger charge is -2.42. The molecule has 3 saturated heterocycles. The van der Waals surface area contributed by atoms with Gasteiger partial charge in [-0.3, -0.25) is 4.90 Å². The smallest absolute Gasteiger partial charge is 0.409 e. The van der Waals surface area contributed by atoms with Crippen LogP contribution in [0.15, 0.2) is 0 Å². The average molecular weight is 337 g/mol. The first kappa shape index (κ1) is 16.0. The second kappa shape index (κ2) is 6.10. The molecule has 134 valence electrons. The van der Waals surface area contributed by atoms with Crippen LogP contribution in [-0.2, 0) is 9.47 Å². The van der Waals surface area contributed by atoms with E-state index >= 15 is 0 Å². The number of nitrogens with zero attached hydrogens (tertiary/aromatic N) is 2. The molecule has 7 nitrogen and oxygen atoms in total. The number of ether oxygens (including phenoxy) is 2. The van der Waals surface area contributed by atoms with Crippen molar-refractivity contribution in [3.8, 4) is 0 Å². The second-order valence-corrected chi connectivity index (χ2v) is 7.73. The van der Waals surface area contributed by atoms with Crippen molar-refractivity contribution in [1.82, 2.24) is 15.1 Å². The Hall–Kier alpha value is -1.50. The van der Waals surface area contributed by atoms with Gasteiger partial charge in [-0.05, 0) is 31.6 Å². The van der Waals surface area contributed by atoms with Gasteiger partial charge in [0, 0.05) is 45.1 Å². The molecule has 0 aromatic rings. The molecule has 1 aliphatic carbocycles. The zero-order valence-electron chi connectivity index (χ0n) is 14.3. The van der Waals surface area contributed by atoms with Crippen molar-refractivity contribution >= 4 is 12.2 Å². The maximum Gasteiger partial charge on any atom is 0.409 e. The SMILES string of the molecule is CCOC(=O)N1CC2CC(C1)C(N1CCC3(CC1)CNC(=O)O3)C2. The predicted octanol–water partition coefficient (Wildman–Crippen LogP) is 1.43. The topological polar surface area (TPSA) is 71.1 Å². The van der Waals surface area contributed by atoms with Crippen LogP contribution >= 0.6 is 0 Å². The van der Waals surface area contributed by atoms with E-state index in [1.165, 1.54) is 12.8 Å². The third-order valence-electron chi connectivity index (χ3n) is 6.26. The minimum absolute atomic E-state index is 0.158. The Morgan fingerprint density at radius 3 is 2.79 bits per heavy atom. The summed E-state index contributed by atoms with van der Waals surface area (Å²) in [5.74, 6) is 1.14. The molecule has 3 aliphatic heterocycles. The lowest BCUT2D eigenvalue weighted by Crippen LogP contribution is -2.51. The summed E-state index contributed by atoms with van der Waals surface area (Å²) in [4.78, 5) is 27.9. The van der Waals surface area contributed by atoms with Crippen LogP contribution in [0.5, 0.6) is 0 Å². The summed E-state index contributed by atoms with van der Waals surface area (Å²) < 4.78 is 10.7. The zero-order valence-corrected chi connectivity index (χ0v) is 14.3. The van der Waals surface area contributed by atoms with Crippen LogP contribution in [0.3, 0.4) is 0 Å². The van der Waals surface area contributed by atoms with Gasteiger partial charge in [-0.1, -0.05) is 0 Å². The molecule has 4 fully saturated rings. The number of hydrogen-bond donors (Lipinski definition) is 1. The molecule has 3 unspecified atom stereocenters. The fraction of sp³-hybridized carbons (Fsp3) is 0.882. The number of hydrogen-bond acceptors (Lipinski definition) is 5. The van der Waals surface area contributed by atoms with Crippen LogP contribution in [0.1, 0.15) is 32.6 Å². The average Bonchev–Trinajstić information content (AvgIpc) is 3.08. The Morgan fingerprint density at radius 2 is 2.12 bits per heavy atom. The molecule has 4 aliphatic rings. The number of carbonyl (C=O) groups is 2. The van der Waals surface area contributed by atoms with Crippen LogP contribution in [0.25, 0.3) is 0 Å². The predicted molar refractivity (Wildman–Crippen MR) is 86.6 cm³/mol. The first-order valence-electron chi connectivity index (χ1n) is 9.21. The summed E-state index contributed by atoms with van der Waals surface area (Å²) in [6.07, 6.45) is 3.77. The molecule has 0 radical (unpaired) electrons. The lowest BCUT2D eigenvalue weighted by atomic mass is 9.89. The largest absolute Gasteiger partial charge is 0.450 e. The van der Waals surface area contributed by atoms with Crippen LogP contribution in [0.4, 0.5) is 9.59 Å². The molecule has 3 atom stereocenters. The fourth-order valence-corrected chi connectivity index (χ4v) is 5.09. The number of fused-ring (bicyclic) bond motifs is 2. The fourth-order valence-electron chi connectivity index (χ4n) is 5.09. The molecule has 7 heteroatoms. The standard InChI is InChI=1S/C17H27N3O4/c1-2-23-16(22)20-9-12-7-13(10-20)14(8-12)19-5-3-17(4-6-19)11-18-15(21)24-17/h12-14H,2-11H2,1H3,(H,18,21). The minimum atomic E-state index is -0.280. The first-order chi connectivity index (χ1) is 11.6. The molecule has 3 heterocycles. The summed E-state index contributed by atoms with van der Waals surface area (Å²) in [6.45, 7) is 6.55. The van der Waals surface area contributed by atoms with Crippen molar-refractivity contribution in [2.45, 2.75) is 44.2 Å². The summed E-state index contributed by atoms with van der Waals surface area (Å²) in [7, 11) is 0. The van der Waals surface area contributed by atoms with Crippen LogP contribution in [0.2, 0.25) is 0 Å². The second-order valence-electron chi connectivity index (χ2n) is 7.73. The van der Waals surface area contributed by atoms with E-state index in [4.69, 9.17) is 9.47 Å². The van der Waals surface area contributed by atoms with Gasteiger partial charge in [0.15, 0.2) is 0 Å². The number of likely N-dealkylation sites (tertiary alicyclic amines) is 2. The third-order valence-corrected chi connectivity index (χ3v) is 6.26. The monoisotopic (exact) mass is 337 g/mol. The summed E-state index contributed by atoms with van der Waals surface area (Å²) in [5.41, 5.74) is -0.280. The van der Waals surface area contributed by atoms with Gasteiger partial charge in [0.2, 0.25) is 0 Å². The minimum Gasteiger partial charge on any atom is -0.450 e. The number of rotatable bonds is 2. The Kier molecular flexibility index (Phi) is 4.06. The molecule has 2 amide bonds. The van der Waals surface area contributed by atoms with Crippen LogP contribution in [0, 0.1) is 11.8 Å². The third kappa shape index (κ3) is 2.83. The van der Waals surface area contributed by atoms with E-state index in [0.717, 1.165) is 39.0 Å². The molecular formula is C17H27N3O4. The number of nitrogens with one attached hydrogen (secondary N) is 1. The highest BCUT2D eigenvalue weighted by atomic mass is 16.6. The van der Waals surface area contributed by atoms with E-state index in [1.807, 2.05) is 11.8 Å². The van der Waals surface area contributed by atoms with E-state index in [1.54, 1.807) is 0 Å². The molecule has 0 aromatic carbocycles. The molecule has 2 bridgehead atoms. The van der Waals surface area contributed by atoms with E-state index in [0.29, 0.717) is 31.0 Å². The Bertz CT molecular complexity index is 518. The van der Waals surface area contributed by atoms with E-state index in [-0.39, 0.29) is 17.8 Å². The van der Waals surface area contributed by atoms with Crippen molar-refractivity contribution < 1.29 is 19.1 Å². The van der Waals surface area contributed by atoms with Gasteiger partial charge in [0.25, 0.3) is 0 Å². The zero-order chi connectivity index (χ0) is 16.7. The highest BCUT2D eigenvalue weighted by Gasteiger charge is 2.48. The normalized spacial score (nSPS) is 35.0. The maximum absolute atomic E-state index is 12.0. The van der Waals surface area contributed by atoms with E-state index < -0.39 is 0 Å². The van der Waals surface area contributed by atoms with Gasteiger partial charge in [-0.15, -0.1) is 0 Å².